The Kier molecular flexibility index (Phi) is 8.06. The fourth-order valence-electron chi connectivity index (χ4n) is 10.8. The Morgan fingerprint density at radius 2 is 0.683 bits per heavy atom. The first-order chi connectivity index (χ1) is 31.3. The zero-order valence-electron chi connectivity index (χ0n) is 34.4. The molecule has 11 aromatic rings. The van der Waals surface area contributed by atoms with Crippen LogP contribution in [0.3, 0.4) is 0 Å². The molecule has 1 spiro atoms. The summed E-state index contributed by atoms with van der Waals surface area (Å²) in [6.07, 6.45) is 0. The van der Waals surface area contributed by atoms with Crippen LogP contribution in [0.5, 0.6) is 0 Å². The number of thiophene rings is 1. The monoisotopic (exact) mass is 817 g/mol. The lowest BCUT2D eigenvalue weighted by Gasteiger charge is -2.30. The predicted octanol–water partition coefficient (Wildman–Crippen LogP) is 16.9. The lowest BCUT2D eigenvalue weighted by Crippen LogP contribution is -2.25. The number of fused-ring (bicyclic) bond motifs is 14. The summed E-state index contributed by atoms with van der Waals surface area (Å²) in [6.45, 7) is 0. The van der Waals surface area contributed by atoms with E-state index < -0.39 is 0 Å². The Labute approximate surface area is 371 Å². The van der Waals surface area contributed by atoms with Crippen molar-refractivity contribution in [2.24, 2.45) is 0 Å². The van der Waals surface area contributed by atoms with E-state index in [-0.39, 0.29) is 5.41 Å². The van der Waals surface area contributed by atoms with Gasteiger partial charge in [-0.25, -0.2) is 0 Å². The molecular formula is C61H39NS. The average molecular weight is 818 g/mol. The van der Waals surface area contributed by atoms with Crippen molar-refractivity contribution in [3.05, 3.63) is 259 Å². The molecule has 1 aromatic heterocycles. The van der Waals surface area contributed by atoms with Crippen molar-refractivity contribution >= 4 is 48.6 Å². The Balaban J connectivity index is 0.933. The first-order valence-electron chi connectivity index (χ1n) is 21.8. The number of nitrogens with zero attached hydrogens (tertiary/aromatic N) is 1. The van der Waals surface area contributed by atoms with Gasteiger partial charge in [0.15, 0.2) is 0 Å². The third-order valence-electron chi connectivity index (χ3n) is 13.5. The maximum atomic E-state index is 2.44. The number of benzene rings is 10. The first-order valence-corrected chi connectivity index (χ1v) is 22.6. The van der Waals surface area contributed by atoms with Crippen molar-refractivity contribution in [1.82, 2.24) is 0 Å². The molecule has 2 aliphatic carbocycles. The van der Waals surface area contributed by atoms with Crippen LogP contribution in [0, 0.1) is 0 Å². The number of rotatable bonds is 6. The Bertz CT molecular complexity index is 3400. The topological polar surface area (TPSA) is 3.24 Å². The van der Waals surface area contributed by atoms with Gasteiger partial charge in [0.1, 0.15) is 0 Å². The molecule has 0 atom stereocenters. The Morgan fingerprint density at radius 3 is 1.22 bits per heavy atom. The van der Waals surface area contributed by atoms with Gasteiger partial charge in [0.25, 0.3) is 0 Å². The second kappa shape index (κ2) is 14.1. The van der Waals surface area contributed by atoms with Gasteiger partial charge in [-0.2, -0.15) is 0 Å². The van der Waals surface area contributed by atoms with Crippen LogP contribution in [0.15, 0.2) is 237 Å². The van der Waals surface area contributed by atoms with Crippen molar-refractivity contribution in [1.29, 1.82) is 0 Å². The van der Waals surface area contributed by atoms with Crippen LogP contribution in [0.2, 0.25) is 0 Å². The van der Waals surface area contributed by atoms with Crippen molar-refractivity contribution < 1.29 is 0 Å². The Hall–Kier alpha value is -7.78. The van der Waals surface area contributed by atoms with Crippen molar-refractivity contribution in [3.63, 3.8) is 0 Å². The third-order valence-corrected chi connectivity index (χ3v) is 14.8. The van der Waals surface area contributed by atoms with Gasteiger partial charge in [-0.15, -0.1) is 11.3 Å². The van der Waals surface area contributed by atoms with Gasteiger partial charge in [-0.05, 0) is 109 Å². The minimum atomic E-state index is -0.349. The summed E-state index contributed by atoms with van der Waals surface area (Å²) in [5, 5.41) is 2.63. The van der Waals surface area contributed by atoms with Crippen LogP contribution in [-0.4, -0.2) is 0 Å². The minimum Gasteiger partial charge on any atom is -0.311 e. The van der Waals surface area contributed by atoms with E-state index in [9.17, 15) is 0 Å². The molecule has 1 heterocycles. The van der Waals surface area contributed by atoms with Crippen LogP contribution in [-0.2, 0) is 5.41 Å². The molecule has 13 rings (SSSR count). The molecule has 1 nitrogen and oxygen atoms in total. The van der Waals surface area contributed by atoms with Crippen LogP contribution in [0.25, 0.3) is 75.8 Å². The first kappa shape index (κ1) is 35.9. The molecule has 10 aromatic carbocycles. The second-order valence-corrected chi connectivity index (χ2v) is 17.8. The molecule has 294 valence electrons. The van der Waals surface area contributed by atoms with Gasteiger partial charge in [0, 0.05) is 42.8 Å². The average Bonchev–Trinajstić information content (AvgIpc) is 4.00. The standard InChI is InChI=1S/C61H39NS/c1-3-14-40(15-4-1)42-26-32-45(33-27-42)62(46-34-28-43(29-35-46)41-16-5-2-6-17-41)47-36-30-44(31-37-47)48-21-13-22-51-52-38-39-57-58(60(52)63-59(48)51)53-20-9-12-25-56(53)61(57)54-23-10-7-18-49(54)50-19-8-11-24-55(50)61/h1-39H. The lowest BCUT2D eigenvalue weighted by molar-refractivity contribution is 0.794. The van der Waals surface area contributed by atoms with E-state index in [0.717, 1.165) is 17.1 Å². The van der Waals surface area contributed by atoms with Gasteiger partial charge in [0.2, 0.25) is 0 Å². The van der Waals surface area contributed by atoms with Gasteiger partial charge in [-0.1, -0.05) is 200 Å². The van der Waals surface area contributed by atoms with Gasteiger partial charge >= 0.3 is 0 Å². The molecule has 0 unspecified atom stereocenters. The van der Waals surface area contributed by atoms with E-state index in [2.05, 4.69) is 241 Å². The highest BCUT2D eigenvalue weighted by molar-refractivity contribution is 7.27. The van der Waals surface area contributed by atoms with Gasteiger partial charge in [-0.3, -0.25) is 0 Å². The fraction of sp³-hybridized carbons (Fsp3) is 0.0164. The van der Waals surface area contributed by atoms with Gasteiger partial charge < -0.3 is 4.90 Å². The highest BCUT2D eigenvalue weighted by Crippen LogP contribution is 2.64. The normalized spacial score (nSPS) is 12.9. The van der Waals surface area contributed by atoms with Crippen LogP contribution >= 0.6 is 11.3 Å². The summed E-state index contributed by atoms with van der Waals surface area (Å²) in [4.78, 5) is 2.36. The van der Waals surface area contributed by atoms with E-state index >= 15 is 0 Å². The maximum Gasteiger partial charge on any atom is 0.0726 e. The van der Waals surface area contributed by atoms with E-state index in [1.165, 1.54) is 98.1 Å². The predicted molar refractivity (Wildman–Crippen MR) is 267 cm³/mol. The molecule has 2 heteroatoms. The van der Waals surface area contributed by atoms with Crippen molar-refractivity contribution in [3.8, 4) is 55.6 Å². The number of anilines is 3. The molecule has 0 bridgehead atoms. The molecule has 2 aliphatic rings. The zero-order valence-corrected chi connectivity index (χ0v) is 35.2. The highest BCUT2D eigenvalue weighted by atomic mass is 32.1. The summed E-state index contributed by atoms with van der Waals surface area (Å²) < 4.78 is 2.69. The van der Waals surface area contributed by atoms with E-state index in [4.69, 9.17) is 0 Å². The fourth-order valence-corrected chi connectivity index (χ4v) is 12.2. The maximum absolute atomic E-state index is 2.44. The van der Waals surface area contributed by atoms with E-state index in [1.54, 1.807) is 0 Å². The molecule has 63 heavy (non-hydrogen) atoms. The van der Waals surface area contributed by atoms with Crippen molar-refractivity contribution in [2.75, 3.05) is 4.90 Å². The van der Waals surface area contributed by atoms with Crippen molar-refractivity contribution in [2.45, 2.75) is 5.41 Å². The zero-order chi connectivity index (χ0) is 41.5. The smallest absolute Gasteiger partial charge is 0.0726 e. The van der Waals surface area contributed by atoms with E-state index in [0.29, 0.717) is 0 Å². The summed E-state index contributed by atoms with van der Waals surface area (Å²) in [5.74, 6) is 0. The summed E-state index contributed by atoms with van der Waals surface area (Å²) in [6, 6.07) is 87.2. The van der Waals surface area contributed by atoms with Gasteiger partial charge in [0.05, 0.1) is 5.41 Å². The lowest BCUT2D eigenvalue weighted by atomic mass is 9.70. The molecule has 0 fully saturated rings. The number of hydrogen-bond acceptors (Lipinski definition) is 2. The molecule has 0 radical (unpaired) electrons. The molecule has 0 saturated heterocycles. The highest BCUT2D eigenvalue weighted by Gasteiger charge is 2.52. The molecule has 0 aliphatic heterocycles. The molecular weight excluding hydrogens is 779 g/mol. The third kappa shape index (κ3) is 5.35. The van der Waals surface area contributed by atoms with Crippen LogP contribution < -0.4 is 4.90 Å². The van der Waals surface area contributed by atoms with E-state index in [1.807, 2.05) is 11.3 Å². The minimum absolute atomic E-state index is 0.349. The molecule has 0 amide bonds. The quantitative estimate of drug-likeness (QED) is 0.162. The Morgan fingerprint density at radius 1 is 0.270 bits per heavy atom. The molecule has 0 saturated carbocycles. The number of hydrogen-bond donors (Lipinski definition) is 0. The van der Waals surface area contributed by atoms with Crippen LogP contribution in [0.4, 0.5) is 17.1 Å². The largest absolute Gasteiger partial charge is 0.311 e. The summed E-state index contributed by atoms with van der Waals surface area (Å²) in [7, 11) is 0. The second-order valence-electron chi connectivity index (χ2n) is 16.7. The SMILES string of the molecule is c1ccc(-c2ccc(N(c3ccc(-c4ccccc4)cc3)c3ccc(-c4cccc5c4sc4c6c(ccc45)C4(c5ccccc5-c5ccccc54)c4ccccc4-6)cc3)cc2)cc1. The molecule has 0 N–H and O–H groups in total. The van der Waals surface area contributed by atoms with Crippen LogP contribution in [0.1, 0.15) is 22.3 Å². The summed E-state index contributed by atoms with van der Waals surface area (Å²) in [5.41, 5.74) is 21.2. The summed E-state index contributed by atoms with van der Waals surface area (Å²) >= 11 is 1.95.